The number of amides is 1. The summed E-state index contributed by atoms with van der Waals surface area (Å²) in [7, 11) is 0. The quantitative estimate of drug-likeness (QED) is 0.723. The third-order valence-electron chi connectivity index (χ3n) is 5.55. The van der Waals surface area contributed by atoms with E-state index in [-0.39, 0.29) is 5.91 Å². The fourth-order valence-electron chi connectivity index (χ4n) is 3.86. The number of aromatic nitrogens is 2. The summed E-state index contributed by atoms with van der Waals surface area (Å²) in [5.41, 5.74) is 1.10. The first-order chi connectivity index (χ1) is 12.7. The molecule has 2 heterocycles. The maximum Gasteiger partial charge on any atom is 0.227 e. The average Bonchev–Trinajstić information content (AvgIpc) is 3.37. The Morgan fingerprint density at radius 2 is 2.04 bits per heavy atom. The maximum absolute atomic E-state index is 12.8. The second-order valence-corrected chi connectivity index (χ2v) is 8.46. The second kappa shape index (κ2) is 7.87. The highest BCUT2D eigenvalue weighted by Gasteiger charge is 2.29. The minimum Gasteiger partial charge on any atom is -0.342 e. The zero-order valence-corrected chi connectivity index (χ0v) is 16.3. The molecule has 1 amide bonds. The molecular weight excluding hydrogens is 342 g/mol. The van der Waals surface area contributed by atoms with Crippen LogP contribution in [0.5, 0.6) is 0 Å². The van der Waals surface area contributed by atoms with Crippen LogP contribution < -0.4 is 0 Å². The molecule has 0 unspecified atom stereocenters. The fraction of sp³-hybridized carbons (Fsp3) is 0.524. The molecule has 1 aromatic heterocycles. The van der Waals surface area contributed by atoms with Gasteiger partial charge in [-0.3, -0.25) is 4.79 Å². The van der Waals surface area contributed by atoms with Crippen molar-refractivity contribution in [2.45, 2.75) is 49.5 Å². The molecule has 2 aliphatic rings. The number of hydrogen-bond donors (Lipinski definition) is 0. The van der Waals surface area contributed by atoms with Crippen molar-refractivity contribution in [3.8, 4) is 0 Å². The lowest BCUT2D eigenvalue weighted by molar-refractivity contribution is -0.131. The van der Waals surface area contributed by atoms with E-state index in [9.17, 15) is 4.79 Å². The van der Waals surface area contributed by atoms with Crippen molar-refractivity contribution >= 4 is 17.7 Å². The minimum absolute atomic E-state index is 0.243. The van der Waals surface area contributed by atoms with Gasteiger partial charge in [-0.25, -0.2) is 4.98 Å². The van der Waals surface area contributed by atoms with Crippen molar-refractivity contribution in [1.29, 1.82) is 0 Å². The van der Waals surface area contributed by atoms with Crippen molar-refractivity contribution in [2.24, 2.45) is 5.92 Å². The second-order valence-electron chi connectivity index (χ2n) is 7.58. The van der Waals surface area contributed by atoms with Gasteiger partial charge in [0.2, 0.25) is 5.91 Å². The molecule has 2 fully saturated rings. The van der Waals surface area contributed by atoms with Crippen LogP contribution in [0.25, 0.3) is 0 Å². The zero-order chi connectivity index (χ0) is 17.9. The largest absolute Gasteiger partial charge is 0.342 e. The molecular formula is C21H27N3OS. The van der Waals surface area contributed by atoms with Gasteiger partial charge in [0.15, 0.2) is 0 Å². The van der Waals surface area contributed by atoms with Crippen molar-refractivity contribution in [1.82, 2.24) is 14.5 Å². The summed E-state index contributed by atoms with van der Waals surface area (Å²) in [5.74, 6) is 2.64. The Morgan fingerprint density at radius 3 is 2.77 bits per heavy atom. The summed E-state index contributed by atoms with van der Waals surface area (Å²) >= 11 is 1.73. The van der Waals surface area contributed by atoms with Gasteiger partial charge in [0.25, 0.3) is 0 Å². The van der Waals surface area contributed by atoms with Crippen molar-refractivity contribution in [2.75, 3.05) is 19.3 Å². The van der Waals surface area contributed by atoms with Crippen LogP contribution in [0, 0.1) is 5.92 Å². The number of likely N-dealkylation sites (tertiary alicyclic amines) is 1. The van der Waals surface area contributed by atoms with Gasteiger partial charge in [0, 0.05) is 42.8 Å². The molecule has 26 heavy (non-hydrogen) atoms. The minimum atomic E-state index is 0.243. The molecule has 0 radical (unpaired) electrons. The normalized spacial score (nSPS) is 20.3. The molecule has 1 aliphatic heterocycles. The highest BCUT2D eigenvalue weighted by molar-refractivity contribution is 7.98. The van der Waals surface area contributed by atoms with Gasteiger partial charge < -0.3 is 9.47 Å². The lowest BCUT2D eigenvalue weighted by Crippen LogP contribution is -2.40. The number of rotatable bonds is 6. The highest BCUT2D eigenvalue weighted by Crippen LogP contribution is 2.33. The third kappa shape index (κ3) is 4.14. The van der Waals surface area contributed by atoms with E-state index in [0.29, 0.717) is 12.3 Å². The number of hydrogen-bond acceptors (Lipinski definition) is 3. The summed E-state index contributed by atoms with van der Waals surface area (Å²) in [5, 5.41) is 0. The van der Waals surface area contributed by atoms with Crippen LogP contribution in [-0.2, 0) is 17.8 Å². The van der Waals surface area contributed by atoms with Gasteiger partial charge >= 0.3 is 0 Å². The predicted octanol–water partition coefficient (Wildman–Crippen LogP) is 3.96. The molecule has 138 valence electrons. The number of benzene rings is 1. The fourth-order valence-corrected chi connectivity index (χ4v) is 4.27. The van der Waals surface area contributed by atoms with Crippen LogP contribution in [-0.4, -0.2) is 39.7 Å². The van der Waals surface area contributed by atoms with Crippen LogP contribution in [0.1, 0.15) is 43.0 Å². The van der Waals surface area contributed by atoms with Crippen molar-refractivity contribution in [3.63, 3.8) is 0 Å². The van der Waals surface area contributed by atoms with E-state index >= 15 is 0 Å². The monoisotopic (exact) mass is 369 g/mol. The Kier molecular flexibility index (Phi) is 5.34. The molecule has 2 aromatic rings. The summed E-state index contributed by atoms with van der Waals surface area (Å²) in [4.78, 5) is 20.7. The smallest absolute Gasteiger partial charge is 0.227 e. The zero-order valence-electron chi connectivity index (χ0n) is 15.4. The maximum atomic E-state index is 12.8. The molecule has 1 atom stereocenters. The van der Waals surface area contributed by atoms with Crippen molar-refractivity contribution in [3.05, 3.63) is 48.0 Å². The first-order valence-corrected chi connectivity index (χ1v) is 10.9. The number of carbonyl (C=O) groups excluding carboxylic acids is 1. The van der Waals surface area contributed by atoms with Crippen LogP contribution in [0.4, 0.5) is 0 Å². The first kappa shape index (κ1) is 17.7. The molecule has 1 aliphatic carbocycles. The molecule has 0 N–H and O–H groups in total. The topological polar surface area (TPSA) is 38.1 Å². The molecule has 1 saturated heterocycles. The summed E-state index contributed by atoms with van der Waals surface area (Å²) < 4.78 is 2.33. The number of nitrogens with zero attached hydrogens (tertiary/aromatic N) is 3. The standard InChI is InChI=1S/C21H27N3OS/c1-26-19-8-6-16(7-9-19)13-20(25)23-11-2-3-18(15-23)21-22-10-12-24(21)14-17-4-5-17/h6-10,12,17-18H,2-5,11,13-15H2,1H3/t18-/m0/s1. The first-order valence-electron chi connectivity index (χ1n) is 9.64. The molecule has 0 bridgehead atoms. The van der Waals surface area contributed by atoms with Crippen LogP contribution in [0.15, 0.2) is 41.6 Å². The molecule has 1 aromatic carbocycles. The van der Waals surface area contributed by atoms with Gasteiger partial charge in [0.05, 0.1) is 6.42 Å². The number of thioether (sulfide) groups is 1. The summed E-state index contributed by atoms with van der Waals surface area (Å²) in [6.07, 6.45) is 11.5. The van der Waals surface area contributed by atoms with Crippen LogP contribution in [0.3, 0.4) is 0 Å². The Morgan fingerprint density at radius 1 is 1.23 bits per heavy atom. The highest BCUT2D eigenvalue weighted by atomic mass is 32.2. The predicted molar refractivity (Wildman–Crippen MR) is 105 cm³/mol. The van der Waals surface area contributed by atoms with Gasteiger partial charge in [-0.15, -0.1) is 11.8 Å². The lowest BCUT2D eigenvalue weighted by atomic mass is 9.96. The number of carbonyl (C=O) groups is 1. The number of piperidine rings is 1. The number of imidazole rings is 1. The van der Waals surface area contributed by atoms with E-state index in [0.717, 1.165) is 44.0 Å². The van der Waals surface area contributed by atoms with E-state index in [1.54, 1.807) is 11.8 Å². The van der Waals surface area contributed by atoms with E-state index in [4.69, 9.17) is 0 Å². The van der Waals surface area contributed by atoms with Crippen molar-refractivity contribution < 1.29 is 4.79 Å². The van der Waals surface area contributed by atoms with Gasteiger partial charge in [-0.1, -0.05) is 12.1 Å². The lowest BCUT2D eigenvalue weighted by Gasteiger charge is -2.33. The van der Waals surface area contributed by atoms with Gasteiger partial charge in [-0.05, 0) is 55.6 Å². The third-order valence-corrected chi connectivity index (χ3v) is 6.30. The van der Waals surface area contributed by atoms with Crippen LogP contribution >= 0.6 is 11.8 Å². The van der Waals surface area contributed by atoms with E-state index in [1.807, 2.05) is 11.1 Å². The van der Waals surface area contributed by atoms with E-state index in [2.05, 4.69) is 46.3 Å². The van der Waals surface area contributed by atoms with Gasteiger partial charge in [-0.2, -0.15) is 0 Å². The SMILES string of the molecule is CSc1ccc(CC(=O)N2CCC[C@H](c3nccn3CC3CC3)C2)cc1. The molecule has 4 rings (SSSR count). The van der Waals surface area contributed by atoms with Gasteiger partial charge in [0.1, 0.15) is 5.82 Å². The molecule has 1 saturated carbocycles. The Hall–Kier alpha value is -1.75. The van der Waals surface area contributed by atoms with E-state index < -0.39 is 0 Å². The average molecular weight is 370 g/mol. The molecule has 4 nitrogen and oxygen atoms in total. The molecule has 0 spiro atoms. The molecule has 5 heteroatoms. The summed E-state index contributed by atoms with van der Waals surface area (Å²) in [6, 6.07) is 8.35. The Labute approximate surface area is 160 Å². The van der Waals surface area contributed by atoms with Crippen LogP contribution in [0.2, 0.25) is 0 Å². The Balaban J connectivity index is 1.39. The van der Waals surface area contributed by atoms with E-state index in [1.165, 1.54) is 23.6 Å². The Bertz CT molecular complexity index is 751. The summed E-state index contributed by atoms with van der Waals surface area (Å²) in [6.45, 7) is 2.78.